The van der Waals surface area contributed by atoms with E-state index in [0.717, 1.165) is 31.7 Å². The number of piperidine rings is 1. The fraction of sp³-hybridized carbons (Fsp3) is 0.696. The van der Waals surface area contributed by atoms with Crippen LogP contribution in [-0.4, -0.2) is 71.5 Å². The third-order valence-corrected chi connectivity index (χ3v) is 6.35. The Bertz CT molecular complexity index is 811. The first-order valence-electron chi connectivity index (χ1n) is 11.2. The van der Waals surface area contributed by atoms with Crippen molar-refractivity contribution in [3.05, 3.63) is 23.9 Å². The molecule has 0 spiro atoms. The molecule has 1 atom stereocenters. The van der Waals surface area contributed by atoms with E-state index < -0.39 is 17.0 Å². The predicted molar refractivity (Wildman–Crippen MR) is 115 cm³/mol. The fourth-order valence-electron chi connectivity index (χ4n) is 4.27. The zero-order valence-corrected chi connectivity index (χ0v) is 18.7. The Morgan fingerprint density at radius 3 is 2.55 bits per heavy atom. The van der Waals surface area contributed by atoms with Gasteiger partial charge in [-0.25, -0.2) is 9.78 Å². The summed E-state index contributed by atoms with van der Waals surface area (Å²) in [7, 11) is 0. The molecular weight excluding hydrogens is 398 g/mol. The molecule has 0 radical (unpaired) electrons. The molecule has 2 saturated heterocycles. The van der Waals surface area contributed by atoms with Gasteiger partial charge in [0, 0.05) is 25.8 Å². The molecule has 3 heterocycles. The molecule has 3 fully saturated rings. The van der Waals surface area contributed by atoms with E-state index in [4.69, 9.17) is 9.47 Å². The summed E-state index contributed by atoms with van der Waals surface area (Å²) in [5, 5.41) is 9.59. The zero-order valence-electron chi connectivity index (χ0n) is 18.7. The summed E-state index contributed by atoms with van der Waals surface area (Å²) in [5.41, 5.74) is -0.823. The number of pyridine rings is 1. The lowest BCUT2D eigenvalue weighted by molar-refractivity contribution is -0.163. The second kappa shape index (κ2) is 8.30. The van der Waals surface area contributed by atoms with Crippen molar-refractivity contribution in [3.8, 4) is 0 Å². The highest BCUT2D eigenvalue weighted by atomic mass is 16.6. The smallest absolute Gasteiger partial charge is 0.410 e. The summed E-state index contributed by atoms with van der Waals surface area (Å²) in [6, 6.07) is 3.81. The molecule has 1 aliphatic carbocycles. The molecule has 1 saturated carbocycles. The average molecular weight is 432 g/mol. The highest BCUT2D eigenvalue weighted by Crippen LogP contribution is 2.34. The number of ether oxygens (including phenoxy) is 2. The second-order valence-electron chi connectivity index (χ2n) is 10.1. The van der Waals surface area contributed by atoms with E-state index in [-0.39, 0.29) is 25.3 Å². The van der Waals surface area contributed by atoms with Crippen LogP contribution in [0.15, 0.2) is 18.3 Å². The number of carbonyl (C=O) groups excluding carboxylic acids is 1. The highest BCUT2D eigenvalue weighted by Gasteiger charge is 2.48. The number of carboxylic acids is 1. The van der Waals surface area contributed by atoms with Crippen LogP contribution >= 0.6 is 0 Å². The van der Waals surface area contributed by atoms with Gasteiger partial charge in [-0.1, -0.05) is 6.07 Å². The third-order valence-electron chi connectivity index (χ3n) is 6.35. The lowest BCUT2D eigenvalue weighted by Gasteiger charge is -2.41. The van der Waals surface area contributed by atoms with E-state index >= 15 is 0 Å². The van der Waals surface area contributed by atoms with E-state index in [1.165, 1.54) is 12.8 Å². The molecule has 0 unspecified atom stereocenters. The fourth-order valence-corrected chi connectivity index (χ4v) is 4.27. The molecule has 4 rings (SSSR count). The normalized spacial score (nSPS) is 23.1. The van der Waals surface area contributed by atoms with Crippen LogP contribution in [0.5, 0.6) is 0 Å². The molecule has 2 aliphatic heterocycles. The van der Waals surface area contributed by atoms with Crippen molar-refractivity contribution in [1.29, 1.82) is 0 Å². The molecule has 0 aromatic carbocycles. The van der Waals surface area contributed by atoms with Gasteiger partial charge in [-0.3, -0.25) is 4.79 Å². The van der Waals surface area contributed by atoms with Crippen LogP contribution in [0.3, 0.4) is 0 Å². The lowest BCUT2D eigenvalue weighted by atomic mass is 9.79. The largest absolute Gasteiger partial charge is 0.480 e. The van der Waals surface area contributed by atoms with Crippen molar-refractivity contribution in [2.75, 3.05) is 37.7 Å². The maximum atomic E-state index is 12.9. The predicted octanol–water partition coefficient (Wildman–Crippen LogP) is 3.05. The van der Waals surface area contributed by atoms with Gasteiger partial charge in [-0.05, 0) is 64.0 Å². The Kier molecular flexibility index (Phi) is 5.85. The summed E-state index contributed by atoms with van der Waals surface area (Å²) >= 11 is 0. The highest BCUT2D eigenvalue weighted by molar-refractivity contribution is 5.82. The number of carbonyl (C=O) groups is 2. The maximum Gasteiger partial charge on any atom is 0.410 e. The Balaban J connectivity index is 1.46. The van der Waals surface area contributed by atoms with Crippen molar-refractivity contribution >= 4 is 17.9 Å². The van der Waals surface area contributed by atoms with Gasteiger partial charge in [0.25, 0.3) is 0 Å². The average Bonchev–Trinajstić information content (AvgIpc) is 3.48. The molecular formula is C23H33N3O5. The minimum atomic E-state index is -0.978. The topological polar surface area (TPSA) is 92.2 Å². The van der Waals surface area contributed by atoms with Crippen molar-refractivity contribution in [2.45, 2.75) is 63.5 Å². The van der Waals surface area contributed by atoms with Gasteiger partial charge in [-0.15, -0.1) is 0 Å². The number of aliphatic carboxylic acids is 1. The van der Waals surface area contributed by atoms with Crippen molar-refractivity contribution in [3.63, 3.8) is 0 Å². The van der Waals surface area contributed by atoms with Gasteiger partial charge in [0.15, 0.2) is 0 Å². The van der Waals surface area contributed by atoms with Gasteiger partial charge < -0.3 is 24.4 Å². The molecule has 170 valence electrons. The molecule has 1 amide bonds. The van der Waals surface area contributed by atoms with Crippen LogP contribution in [-0.2, 0) is 19.7 Å². The third kappa shape index (κ3) is 4.79. The minimum absolute atomic E-state index is 0.0797. The summed E-state index contributed by atoms with van der Waals surface area (Å²) < 4.78 is 10.9. The number of hydrogen-bond donors (Lipinski definition) is 1. The Morgan fingerprint density at radius 2 is 2.03 bits per heavy atom. The van der Waals surface area contributed by atoms with Crippen molar-refractivity contribution in [2.24, 2.45) is 5.92 Å². The van der Waals surface area contributed by atoms with Gasteiger partial charge >= 0.3 is 12.1 Å². The number of hydrogen-bond acceptors (Lipinski definition) is 6. The maximum absolute atomic E-state index is 12.9. The summed E-state index contributed by atoms with van der Waals surface area (Å²) in [4.78, 5) is 33.3. The van der Waals surface area contributed by atoms with Crippen molar-refractivity contribution in [1.82, 2.24) is 9.88 Å². The van der Waals surface area contributed by atoms with Gasteiger partial charge in [0.1, 0.15) is 16.8 Å². The molecule has 3 aliphatic rings. The van der Waals surface area contributed by atoms with E-state index in [1.54, 1.807) is 6.20 Å². The molecule has 1 aromatic heterocycles. The number of nitrogens with zero attached hydrogens (tertiary/aromatic N) is 3. The van der Waals surface area contributed by atoms with Crippen LogP contribution in [0, 0.1) is 5.92 Å². The second-order valence-corrected chi connectivity index (χ2v) is 10.1. The number of rotatable bonds is 6. The van der Waals surface area contributed by atoms with E-state index in [1.807, 2.05) is 37.8 Å². The summed E-state index contributed by atoms with van der Waals surface area (Å²) in [6.45, 7) is 8.37. The van der Waals surface area contributed by atoms with Gasteiger partial charge in [-0.2, -0.15) is 0 Å². The molecule has 0 bridgehead atoms. The van der Waals surface area contributed by atoms with E-state index in [2.05, 4.69) is 9.88 Å². The van der Waals surface area contributed by atoms with Gasteiger partial charge in [0.2, 0.25) is 0 Å². The standard InChI is InChI=1S/C23H33N3O5/c1-22(2,3)31-21(29)26(12-16-6-7-16)18-5-4-10-25(13-18)19-9-8-17(11-24-19)23(20(27)28)14-30-15-23/h8-9,11,16,18H,4-7,10,12-15H2,1-3H3,(H,27,28)/t18-/m1/s1. The van der Waals surface area contributed by atoms with Crippen molar-refractivity contribution < 1.29 is 24.2 Å². The Morgan fingerprint density at radius 1 is 1.29 bits per heavy atom. The van der Waals surface area contributed by atoms with Gasteiger partial charge in [0.05, 0.1) is 19.3 Å². The first-order chi connectivity index (χ1) is 14.7. The van der Waals surface area contributed by atoms with Crippen LogP contribution in [0.4, 0.5) is 10.6 Å². The summed E-state index contributed by atoms with van der Waals surface area (Å²) in [5.74, 6) is 0.515. The number of amides is 1. The van der Waals surface area contributed by atoms with Crippen LogP contribution in [0.2, 0.25) is 0 Å². The number of carboxylic acid groups (broad SMARTS) is 1. The quantitative estimate of drug-likeness (QED) is 0.740. The minimum Gasteiger partial charge on any atom is -0.480 e. The monoisotopic (exact) mass is 431 g/mol. The molecule has 1 N–H and O–H groups in total. The Hall–Kier alpha value is -2.35. The van der Waals surface area contributed by atoms with Crippen LogP contribution in [0.1, 0.15) is 52.0 Å². The molecule has 1 aromatic rings. The SMILES string of the molecule is CC(C)(C)OC(=O)N(CC1CC1)[C@@H]1CCCN(c2ccc(C3(C(=O)O)COC3)cn2)C1. The summed E-state index contributed by atoms with van der Waals surface area (Å²) in [6.07, 6.45) is 5.68. The number of aromatic nitrogens is 1. The van der Waals surface area contributed by atoms with Crippen LogP contribution < -0.4 is 4.90 Å². The number of anilines is 1. The molecule has 8 nitrogen and oxygen atoms in total. The Labute approximate surface area is 183 Å². The first kappa shape index (κ1) is 21.9. The zero-order chi connectivity index (χ0) is 22.2. The first-order valence-corrected chi connectivity index (χ1v) is 11.2. The lowest BCUT2D eigenvalue weighted by Crippen LogP contribution is -2.53. The van der Waals surface area contributed by atoms with Crippen LogP contribution in [0.25, 0.3) is 0 Å². The van der Waals surface area contributed by atoms with E-state index in [9.17, 15) is 14.7 Å². The molecule has 8 heteroatoms. The van der Waals surface area contributed by atoms with E-state index in [0.29, 0.717) is 18.0 Å². The molecule has 31 heavy (non-hydrogen) atoms.